The van der Waals surface area contributed by atoms with Crippen LogP contribution in [-0.4, -0.2) is 64.9 Å². The van der Waals surface area contributed by atoms with Crippen LogP contribution in [-0.2, 0) is 16.0 Å². The number of urea groups is 1. The molecular weight excluding hydrogens is 414 g/mol. The fourth-order valence-electron chi connectivity index (χ4n) is 2.78. The molecule has 1 unspecified atom stereocenters. The zero-order valence-electron chi connectivity index (χ0n) is 16.3. The number of para-hydroxylation sites is 1. The van der Waals surface area contributed by atoms with Gasteiger partial charge in [-0.2, -0.15) is 8.78 Å². The first-order valence-corrected chi connectivity index (χ1v) is 9.34. The topological polar surface area (TPSA) is 126 Å². The second-order valence-electron chi connectivity index (χ2n) is 6.57. The maximum absolute atomic E-state index is 12.4. The highest BCUT2D eigenvalue weighted by Crippen LogP contribution is 2.12. The number of carbonyl (C=O) groups is 3. The van der Waals surface area contributed by atoms with Gasteiger partial charge in [-0.3, -0.25) is 20.4 Å². The summed E-state index contributed by atoms with van der Waals surface area (Å²) in [5, 5.41) is 2.82. The minimum Gasteiger partial charge on any atom is -0.374 e. The predicted octanol–water partition coefficient (Wildman–Crippen LogP) is 0.978. The van der Waals surface area contributed by atoms with Crippen molar-refractivity contribution in [3.8, 4) is 0 Å². The minimum atomic E-state index is -3.25. The van der Waals surface area contributed by atoms with Crippen molar-refractivity contribution >= 4 is 23.5 Å². The maximum atomic E-state index is 12.4. The summed E-state index contributed by atoms with van der Waals surface area (Å²) < 4.78 is 29.9. The van der Waals surface area contributed by atoms with Gasteiger partial charge in [0.25, 0.3) is 5.91 Å². The minimum absolute atomic E-state index is 0.0215. The van der Waals surface area contributed by atoms with Crippen molar-refractivity contribution in [1.29, 1.82) is 0 Å². The molecule has 0 bridgehead atoms. The molecule has 1 aromatic heterocycles. The van der Waals surface area contributed by atoms with Crippen LogP contribution in [0.4, 0.5) is 19.3 Å². The van der Waals surface area contributed by atoms with Crippen LogP contribution in [0.15, 0.2) is 42.7 Å². The summed E-state index contributed by atoms with van der Waals surface area (Å²) >= 11 is 0. The molecule has 0 saturated carbocycles. The third-order valence-electron chi connectivity index (χ3n) is 4.33. The lowest BCUT2D eigenvalue weighted by Crippen LogP contribution is -2.48. The first-order chi connectivity index (χ1) is 14.9. The Labute approximate surface area is 176 Å². The van der Waals surface area contributed by atoms with Crippen LogP contribution in [0.25, 0.3) is 0 Å². The van der Waals surface area contributed by atoms with Crippen molar-refractivity contribution in [2.75, 3.05) is 25.0 Å². The van der Waals surface area contributed by atoms with E-state index in [0.717, 1.165) is 0 Å². The van der Waals surface area contributed by atoms with E-state index in [0.29, 0.717) is 37.6 Å². The number of rotatable bonds is 5. The van der Waals surface area contributed by atoms with E-state index >= 15 is 0 Å². The van der Waals surface area contributed by atoms with Crippen LogP contribution >= 0.6 is 0 Å². The molecule has 0 aliphatic carbocycles. The van der Waals surface area contributed by atoms with Crippen molar-refractivity contribution in [3.05, 3.63) is 54.1 Å². The normalized spacial score (nSPS) is 16.0. The SMILES string of the molecule is O=C(NNC(=O)C(F)F)c1cnc(CC2CN(C(=O)Nc3ccccc3)CCO2)nc1. The van der Waals surface area contributed by atoms with E-state index in [1.165, 1.54) is 12.4 Å². The molecule has 0 spiro atoms. The quantitative estimate of drug-likeness (QED) is 0.603. The summed E-state index contributed by atoms with van der Waals surface area (Å²) in [4.78, 5) is 44.8. The van der Waals surface area contributed by atoms with E-state index in [9.17, 15) is 23.2 Å². The zero-order valence-corrected chi connectivity index (χ0v) is 16.3. The van der Waals surface area contributed by atoms with Crippen molar-refractivity contribution in [2.24, 2.45) is 0 Å². The van der Waals surface area contributed by atoms with Gasteiger partial charge in [-0.1, -0.05) is 18.2 Å². The lowest BCUT2D eigenvalue weighted by molar-refractivity contribution is -0.132. The highest BCUT2D eigenvalue weighted by atomic mass is 19.3. The van der Waals surface area contributed by atoms with Crippen LogP contribution in [0.3, 0.4) is 0 Å². The fourth-order valence-corrected chi connectivity index (χ4v) is 2.78. The Kier molecular flexibility index (Phi) is 7.38. The zero-order chi connectivity index (χ0) is 22.2. The molecule has 1 saturated heterocycles. The number of carbonyl (C=O) groups excluding carboxylic acids is 3. The number of alkyl halides is 2. The van der Waals surface area contributed by atoms with E-state index in [4.69, 9.17) is 4.74 Å². The van der Waals surface area contributed by atoms with Gasteiger partial charge in [-0.25, -0.2) is 14.8 Å². The van der Waals surface area contributed by atoms with Crippen molar-refractivity contribution in [2.45, 2.75) is 19.0 Å². The first kappa shape index (κ1) is 22.0. The third-order valence-corrected chi connectivity index (χ3v) is 4.33. The summed E-state index contributed by atoms with van der Waals surface area (Å²) in [6.45, 7) is 1.14. The molecule has 1 atom stereocenters. The largest absolute Gasteiger partial charge is 0.374 e. The average Bonchev–Trinajstić information content (AvgIpc) is 2.78. The van der Waals surface area contributed by atoms with Crippen LogP contribution in [0.5, 0.6) is 0 Å². The molecule has 164 valence electrons. The molecule has 1 aliphatic heterocycles. The van der Waals surface area contributed by atoms with Gasteiger partial charge < -0.3 is 15.0 Å². The van der Waals surface area contributed by atoms with Gasteiger partial charge in [-0.05, 0) is 12.1 Å². The summed E-state index contributed by atoms with van der Waals surface area (Å²) in [5.74, 6) is -2.08. The predicted molar refractivity (Wildman–Crippen MR) is 104 cm³/mol. The van der Waals surface area contributed by atoms with Crippen molar-refractivity contribution in [1.82, 2.24) is 25.7 Å². The number of amides is 4. The van der Waals surface area contributed by atoms with Gasteiger partial charge in [-0.15, -0.1) is 0 Å². The molecule has 2 aromatic rings. The van der Waals surface area contributed by atoms with Gasteiger partial charge in [0.05, 0.1) is 18.3 Å². The Morgan fingerprint density at radius 2 is 1.84 bits per heavy atom. The molecule has 1 fully saturated rings. The number of halogens is 2. The monoisotopic (exact) mass is 434 g/mol. The number of hydrogen-bond donors (Lipinski definition) is 3. The number of hydrogen-bond acceptors (Lipinski definition) is 6. The second kappa shape index (κ2) is 10.4. The molecule has 10 nitrogen and oxygen atoms in total. The number of aromatic nitrogens is 2. The van der Waals surface area contributed by atoms with E-state index < -0.39 is 18.2 Å². The van der Waals surface area contributed by atoms with Gasteiger partial charge in [0.15, 0.2) is 0 Å². The maximum Gasteiger partial charge on any atom is 0.322 e. The van der Waals surface area contributed by atoms with E-state index in [2.05, 4.69) is 15.3 Å². The lowest BCUT2D eigenvalue weighted by atomic mass is 10.2. The average molecular weight is 434 g/mol. The number of ether oxygens (including phenoxy) is 1. The molecule has 2 heterocycles. The van der Waals surface area contributed by atoms with Crippen LogP contribution < -0.4 is 16.2 Å². The summed E-state index contributed by atoms with van der Waals surface area (Å²) in [7, 11) is 0. The molecule has 3 rings (SSSR count). The number of benzene rings is 1. The molecule has 0 radical (unpaired) electrons. The Morgan fingerprint density at radius 1 is 1.13 bits per heavy atom. The molecule has 12 heteroatoms. The van der Waals surface area contributed by atoms with Gasteiger partial charge in [0.2, 0.25) is 0 Å². The number of morpholine rings is 1. The first-order valence-electron chi connectivity index (χ1n) is 9.34. The fraction of sp³-hybridized carbons (Fsp3) is 0.316. The number of nitrogens with zero attached hydrogens (tertiary/aromatic N) is 3. The molecule has 1 aromatic carbocycles. The summed E-state index contributed by atoms with van der Waals surface area (Å²) in [5.41, 5.74) is 4.10. The smallest absolute Gasteiger partial charge is 0.322 e. The lowest BCUT2D eigenvalue weighted by Gasteiger charge is -2.32. The van der Waals surface area contributed by atoms with Crippen LogP contribution in [0, 0.1) is 0 Å². The molecule has 3 N–H and O–H groups in total. The third kappa shape index (κ3) is 6.40. The number of nitrogens with one attached hydrogen (secondary N) is 3. The van der Waals surface area contributed by atoms with Crippen molar-refractivity contribution in [3.63, 3.8) is 0 Å². The Morgan fingerprint density at radius 3 is 2.52 bits per heavy atom. The molecule has 1 aliphatic rings. The number of hydrazine groups is 1. The number of anilines is 1. The Balaban J connectivity index is 1.50. The van der Waals surface area contributed by atoms with Crippen LogP contribution in [0.1, 0.15) is 16.2 Å². The van der Waals surface area contributed by atoms with Gasteiger partial charge in [0, 0.05) is 37.6 Å². The van der Waals surface area contributed by atoms with E-state index in [-0.39, 0.29) is 17.7 Å². The summed E-state index contributed by atoms with van der Waals surface area (Å²) in [6, 6.07) is 8.85. The highest BCUT2D eigenvalue weighted by molar-refractivity contribution is 5.95. The van der Waals surface area contributed by atoms with E-state index in [1.807, 2.05) is 23.6 Å². The van der Waals surface area contributed by atoms with E-state index in [1.54, 1.807) is 22.5 Å². The standard InChI is InChI=1S/C19H20F2N6O4/c20-16(21)18(29)26-25-17(28)12-9-22-15(23-10-12)8-14-11-27(6-7-31-14)19(30)24-13-4-2-1-3-5-13/h1-5,9-10,14,16H,6-8,11H2,(H,24,30)(H,25,28)(H,26,29). The highest BCUT2D eigenvalue weighted by Gasteiger charge is 2.25. The molecule has 31 heavy (non-hydrogen) atoms. The summed E-state index contributed by atoms with van der Waals surface area (Å²) in [6.07, 6.45) is -0.868. The Hall–Kier alpha value is -3.67. The molecule has 4 amide bonds. The molecular formula is C19H20F2N6O4. The van der Waals surface area contributed by atoms with Crippen molar-refractivity contribution < 1.29 is 27.9 Å². The van der Waals surface area contributed by atoms with Crippen LogP contribution in [0.2, 0.25) is 0 Å². The van der Waals surface area contributed by atoms with Gasteiger partial charge >= 0.3 is 18.4 Å². The van der Waals surface area contributed by atoms with Gasteiger partial charge in [0.1, 0.15) is 5.82 Å². The Bertz CT molecular complexity index is 913. The second-order valence-corrected chi connectivity index (χ2v) is 6.57.